The van der Waals surface area contributed by atoms with Gasteiger partial charge in [0.15, 0.2) is 5.96 Å². The van der Waals surface area contributed by atoms with Crippen molar-refractivity contribution in [2.24, 2.45) is 18.0 Å². The normalized spacial score (nSPS) is 15.4. The number of hydrogen-bond donors (Lipinski definition) is 2. The maximum Gasteiger partial charge on any atom is 0.191 e. The van der Waals surface area contributed by atoms with Crippen LogP contribution in [-0.2, 0) is 23.1 Å². The van der Waals surface area contributed by atoms with Crippen molar-refractivity contribution in [1.29, 1.82) is 0 Å². The van der Waals surface area contributed by atoms with Gasteiger partial charge in [-0.1, -0.05) is 12.1 Å². The van der Waals surface area contributed by atoms with Gasteiger partial charge in [0.05, 0.1) is 17.6 Å². The number of benzene rings is 1. The molecule has 0 unspecified atom stereocenters. The summed E-state index contributed by atoms with van der Waals surface area (Å²) in [6.45, 7) is 4.84. The molecule has 1 aromatic carbocycles. The third-order valence-corrected chi connectivity index (χ3v) is 4.97. The van der Waals surface area contributed by atoms with Crippen molar-refractivity contribution < 1.29 is 9.47 Å². The minimum atomic E-state index is 0. The first-order chi connectivity index (χ1) is 13.3. The summed E-state index contributed by atoms with van der Waals surface area (Å²) in [7, 11) is 3.82. The number of aryl methyl sites for hydroxylation is 1. The summed E-state index contributed by atoms with van der Waals surface area (Å²) in [4.78, 5) is 8.95. The molecule has 2 aromatic rings. The fourth-order valence-electron chi connectivity index (χ4n) is 3.28. The molecule has 0 spiro atoms. The van der Waals surface area contributed by atoms with Crippen molar-refractivity contribution in [2.45, 2.75) is 25.8 Å². The minimum Gasteiger partial charge on any atom is -0.381 e. The van der Waals surface area contributed by atoms with Crippen molar-refractivity contribution in [3.63, 3.8) is 0 Å². The number of imidazole rings is 1. The Morgan fingerprint density at radius 3 is 2.82 bits per heavy atom. The molecule has 0 radical (unpaired) electrons. The van der Waals surface area contributed by atoms with Crippen LogP contribution >= 0.6 is 24.0 Å². The molecule has 1 saturated heterocycles. The van der Waals surface area contributed by atoms with Gasteiger partial charge in [0.25, 0.3) is 0 Å². The Morgan fingerprint density at radius 1 is 1.29 bits per heavy atom. The lowest BCUT2D eigenvalue weighted by atomic mass is 10.0. The molecule has 0 amide bonds. The molecule has 0 aliphatic carbocycles. The van der Waals surface area contributed by atoms with Gasteiger partial charge in [-0.2, -0.15) is 0 Å². The van der Waals surface area contributed by atoms with Gasteiger partial charge in [0.2, 0.25) is 0 Å². The van der Waals surface area contributed by atoms with Crippen LogP contribution in [0.25, 0.3) is 11.0 Å². The van der Waals surface area contributed by atoms with E-state index in [1.807, 2.05) is 25.2 Å². The maximum absolute atomic E-state index is 5.80. The quantitative estimate of drug-likeness (QED) is 0.252. The molecule has 0 saturated carbocycles. The van der Waals surface area contributed by atoms with E-state index in [0.29, 0.717) is 12.5 Å². The lowest BCUT2D eigenvalue weighted by Crippen LogP contribution is -2.38. The predicted molar refractivity (Wildman–Crippen MR) is 123 cm³/mol. The number of aliphatic imine (C=N–C) groups is 1. The molecule has 1 aliphatic rings. The first-order valence-corrected chi connectivity index (χ1v) is 9.78. The first-order valence-electron chi connectivity index (χ1n) is 9.78. The largest absolute Gasteiger partial charge is 0.381 e. The van der Waals surface area contributed by atoms with E-state index >= 15 is 0 Å². The fraction of sp³-hybridized carbons (Fsp3) is 0.600. The number of halogens is 1. The number of hydrogen-bond acceptors (Lipinski definition) is 4. The van der Waals surface area contributed by atoms with Crippen LogP contribution in [-0.4, -0.2) is 55.5 Å². The van der Waals surface area contributed by atoms with Crippen molar-refractivity contribution in [3.05, 3.63) is 30.1 Å². The topological polar surface area (TPSA) is 72.7 Å². The van der Waals surface area contributed by atoms with Crippen LogP contribution < -0.4 is 10.6 Å². The Bertz CT molecular complexity index is 743. The average molecular weight is 501 g/mol. The highest BCUT2D eigenvalue weighted by Crippen LogP contribution is 2.15. The van der Waals surface area contributed by atoms with Crippen LogP contribution in [0.5, 0.6) is 0 Å². The van der Waals surface area contributed by atoms with E-state index in [9.17, 15) is 0 Å². The van der Waals surface area contributed by atoms with E-state index in [1.54, 1.807) is 7.05 Å². The van der Waals surface area contributed by atoms with Gasteiger partial charge < -0.3 is 24.7 Å². The lowest BCUT2D eigenvalue weighted by molar-refractivity contribution is 0.0203. The second kappa shape index (κ2) is 12.2. The van der Waals surface area contributed by atoms with E-state index in [4.69, 9.17) is 9.47 Å². The van der Waals surface area contributed by atoms with Crippen molar-refractivity contribution in [2.75, 3.05) is 40.0 Å². The molecule has 8 heteroatoms. The number of rotatable bonds is 8. The number of nitrogens with zero attached hydrogens (tertiary/aromatic N) is 3. The molecule has 0 bridgehead atoms. The van der Waals surface area contributed by atoms with Gasteiger partial charge in [-0.05, 0) is 37.3 Å². The van der Waals surface area contributed by atoms with Gasteiger partial charge >= 0.3 is 0 Å². The summed E-state index contributed by atoms with van der Waals surface area (Å²) < 4.78 is 13.3. The highest BCUT2D eigenvalue weighted by Gasteiger charge is 2.13. The average Bonchev–Trinajstić information content (AvgIpc) is 3.03. The zero-order chi connectivity index (χ0) is 18.9. The summed E-state index contributed by atoms with van der Waals surface area (Å²) in [6.07, 6.45) is 3.20. The molecule has 1 fully saturated rings. The van der Waals surface area contributed by atoms with Gasteiger partial charge in [-0.15, -0.1) is 24.0 Å². The van der Waals surface area contributed by atoms with Crippen LogP contribution in [0.1, 0.15) is 25.1 Å². The second-order valence-electron chi connectivity index (χ2n) is 6.91. The molecule has 1 aliphatic heterocycles. The van der Waals surface area contributed by atoms with Crippen LogP contribution in [0.4, 0.5) is 0 Å². The molecule has 1 aromatic heterocycles. The third-order valence-electron chi connectivity index (χ3n) is 4.97. The summed E-state index contributed by atoms with van der Waals surface area (Å²) >= 11 is 0. The molecule has 0 atom stereocenters. The number of nitrogens with one attached hydrogen (secondary N) is 2. The molecule has 7 nitrogen and oxygen atoms in total. The second-order valence-corrected chi connectivity index (χ2v) is 6.91. The summed E-state index contributed by atoms with van der Waals surface area (Å²) in [6, 6.07) is 8.16. The van der Waals surface area contributed by atoms with E-state index in [1.165, 1.54) is 0 Å². The van der Waals surface area contributed by atoms with Gasteiger partial charge in [-0.3, -0.25) is 4.99 Å². The van der Waals surface area contributed by atoms with E-state index in [2.05, 4.69) is 31.2 Å². The molecule has 28 heavy (non-hydrogen) atoms. The summed E-state index contributed by atoms with van der Waals surface area (Å²) in [5.74, 6) is 2.43. The minimum absolute atomic E-state index is 0. The molecule has 156 valence electrons. The molecule has 2 N–H and O–H groups in total. The third kappa shape index (κ3) is 6.59. The van der Waals surface area contributed by atoms with E-state index < -0.39 is 0 Å². The maximum atomic E-state index is 5.80. The highest BCUT2D eigenvalue weighted by molar-refractivity contribution is 14.0. The SMILES string of the molecule is CN=C(NCCCOCC1CCOCC1)NCc1nc2ccccc2n1C.I. The molecular formula is C20H32IN5O2. The van der Waals surface area contributed by atoms with Crippen LogP contribution in [0.3, 0.4) is 0 Å². The van der Waals surface area contributed by atoms with Crippen LogP contribution in [0, 0.1) is 5.92 Å². The number of fused-ring (bicyclic) bond motifs is 1. The predicted octanol–water partition coefficient (Wildman–Crippen LogP) is 2.69. The van der Waals surface area contributed by atoms with Gasteiger partial charge in [0, 0.05) is 47.1 Å². The monoisotopic (exact) mass is 501 g/mol. The number of aromatic nitrogens is 2. The van der Waals surface area contributed by atoms with Crippen molar-refractivity contribution in [3.8, 4) is 0 Å². The van der Waals surface area contributed by atoms with Crippen molar-refractivity contribution in [1.82, 2.24) is 20.2 Å². The van der Waals surface area contributed by atoms with Crippen molar-refractivity contribution >= 4 is 41.0 Å². The lowest BCUT2D eigenvalue weighted by Gasteiger charge is -2.21. The fourth-order valence-corrected chi connectivity index (χ4v) is 3.28. The van der Waals surface area contributed by atoms with E-state index in [-0.39, 0.29) is 24.0 Å². The zero-order valence-electron chi connectivity index (χ0n) is 16.8. The van der Waals surface area contributed by atoms with E-state index in [0.717, 1.165) is 75.1 Å². The summed E-state index contributed by atoms with van der Waals surface area (Å²) in [5, 5.41) is 6.66. The van der Waals surface area contributed by atoms with Crippen LogP contribution in [0.2, 0.25) is 0 Å². The highest BCUT2D eigenvalue weighted by atomic mass is 127. The number of para-hydroxylation sites is 2. The Balaban J connectivity index is 0.00000280. The molecule has 2 heterocycles. The Hall–Kier alpha value is -1.39. The standard InChI is InChI=1S/C20H31N5O2.HI/c1-21-20(22-10-5-11-27-15-16-8-12-26-13-9-16)23-14-19-24-17-6-3-4-7-18(17)25(19)2;/h3-4,6-7,16H,5,8-15H2,1-2H3,(H2,21,22,23);1H. The molecule has 3 rings (SSSR count). The summed E-state index contributed by atoms with van der Waals surface area (Å²) in [5.41, 5.74) is 2.15. The zero-order valence-corrected chi connectivity index (χ0v) is 19.1. The number of guanidine groups is 1. The van der Waals surface area contributed by atoms with Gasteiger partial charge in [0.1, 0.15) is 5.82 Å². The molecular weight excluding hydrogens is 469 g/mol. The smallest absolute Gasteiger partial charge is 0.191 e. The van der Waals surface area contributed by atoms with Gasteiger partial charge in [-0.25, -0.2) is 4.98 Å². The Morgan fingerprint density at radius 2 is 2.07 bits per heavy atom. The number of ether oxygens (including phenoxy) is 2. The Kier molecular flexibility index (Phi) is 10.0. The van der Waals surface area contributed by atoms with Crippen LogP contribution in [0.15, 0.2) is 29.3 Å². The Labute approximate surface area is 184 Å². The first kappa shape index (κ1) is 22.9.